The highest BCUT2D eigenvalue weighted by atomic mass is 16.4. The van der Waals surface area contributed by atoms with Gasteiger partial charge in [-0.15, -0.1) is 0 Å². The molecule has 0 bridgehead atoms. The summed E-state index contributed by atoms with van der Waals surface area (Å²) < 4.78 is 0. The number of nitrogens with zero attached hydrogens (tertiary/aromatic N) is 4. The molecule has 0 radical (unpaired) electrons. The van der Waals surface area contributed by atoms with Crippen LogP contribution in [-0.2, 0) is 0 Å². The number of carboxylic acid groups (broad SMARTS) is 1. The first-order valence-corrected chi connectivity index (χ1v) is 11.0. The number of pyridine rings is 1. The highest BCUT2D eigenvalue weighted by Crippen LogP contribution is 2.50. The van der Waals surface area contributed by atoms with E-state index in [1.54, 1.807) is 4.90 Å². The summed E-state index contributed by atoms with van der Waals surface area (Å²) in [5.41, 5.74) is 1.63. The maximum absolute atomic E-state index is 11.2. The van der Waals surface area contributed by atoms with Gasteiger partial charge in [-0.05, 0) is 81.5 Å². The Kier molecular flexibility index (Phi) is 4.69. The molecule has 6 heteroatoms. The standard InChI is InChI=1S/C22H32N4O2/c27-21(28)25-13-7-22(16-25)14-19(15-22)24-11-5-17(6-12-24)20-2-1-10-26(20)18-3-8-23-9-4-18/h3-4,8-9,17,19-20H,1-2,5-7,10-16H2,(H,27,28)/t19?,20-,22?/m0/s1. The number of hydrogen-bond donors (Lipinski definition) is 1. The Balaban J connectivity index is 1.13. The zero-order valence-electron chi connectivity index (χ0n) is 16.7. The predicted molar refractivity (Wildman–Crippen MR) is 109 cm³/mol. The number of likely N-dealkylation sites (tertiary alicyclic amines) is 2. The van der Waals surface area contributed by atoms with Crippen LogP contribution in [0.1, 0.15) is 44.9 Å². The van der Waals surface area contributed by atoms with E-state index in [0.29, 0.717) is 17.5 Å². The summed E-state index contributed by atoms with van der Waals surface area (Å²) in [4.78, 5) is 22.3. The van der Waals surface area contributed by atoms with Crippen molar-refractivity contribution >= 4 is 11.8 Å². The Morgan fingerprint density at radius 1 is 1.07 bits per heavy atom. The van der Waals surface area contributed by atoms with Crippen molar-refractivity contribution in [2.45, 2.75) is 57.0 Å². The van der Waals surface area contributed by atoms with Crippen molar-refractivity contribution in [1.82, 2.24) is 14.8 Å². The predicted octanol–water partition coefficient (Wildman–Crippen LogP) is 3.29. The molecular weight excluding hydrogens is 352 g/mol. The van der Waals surface area contributed by atoms with Crippen molar-refractivity contribution in [3.05, 3.63) is 24.5 Å². The Morgan fingerprint density at radius 2 is 1.82 bits per heavy atom. The molecule has 3 aliphatic heterocycles. The van der Waals surface area contributed by atoms with Crippen LogP contribution in [0.25, 0.3) is 0 Å². The maximum Gasteiger partial charge on any atom is 0.407 e. The fraction of sp³-hybridized carbons (Fsp3) is 0.727. The summed E-state index contributed by atoms with van der Waals surface area (Å²) in [6.07, 6.45) is 11.8. The lowest BCUT2D eigenvalue weighted by atomic mass is 9.64. The van der Waals surface area contributed by atoms with Crippen molar-refractivity contribution in [2.24, 2.45) is 11.3 Å². The molecule has 1 spiro atoms. The molecule has 4 fully saturated rings. The van der Waals surface area contributed by atoms with Crippen molar-refractivity contribution in [3.8, 4) is 0 Å². The van der Waals surface area contributed by atoms with Crippen LogP contribution in [0.15, 0.2) is 24.5 Å². The zero-order chi connectivity index (χ0) is 19.1. The van der Waals surface area contributed by atoms with Gasteiger partial charge in [-0.1, -0.05) is 0 Å². The van der Waals surface area contributed by atoms with Crippen molar-refractivity contribution < 1.29 is 9.90 Å². The molecule has 1 amide bonds. The van der Waals surface area contributed by atoms with Crippen LogP contribution >= 0.6 is 0 Å². The molecular formula is C22H32N4O2. The zero-order valence-corrected chi connectivity index (χ0v) is 16.7. The molecule has 0 aromatic carbocycles. The minimum absolute atomic E-state index is 0.295. The largest absolute Gasteiger partial charge is 0.465 e. The molecule has 1 aromatic heterocycles. The second-order valence-electron chi connectivity index (χ2n) is 9.50. The van der Waals surface area contributed by atoms with E-state index in [0.717, 1.165) is 25.4 Å². The van der Waals surface area contributed by atoms with Crippen LogP contribution in [0, 0.1) is 11.3 Å². The maximum atomic E-state index is 11.2. The molecule has 4 heterocycles. The number of amides is 1. The van der Waals surface area contributed by atoms with E-state index in [1.165, 1.54) is 63.8 Å². The van der Waals surface area contributed by atoms with Gasteiger partial charge in [-0.3, -0.25) is 4.98 Å². The fourth-order valence-electron chi connectivity index (χ4n) is 6.44. The van der Waals surface area contributed by atoms with E-state index in [4.69, 9.17) is 0 Å². The second-order valence-corrected chi connectivity index (χ2v) is 9.50. The number of carbonyl (C=O) groups is 1. The second kappa shape index (κ2) is 7.21. The Morgan fingerprint density at radius 3 is 2.50 bits per heavy atom. The summed E-state index contributed by atoms with van der Waals surface area (Å²) in [6, 6.07) is 5.69. The van der Waals surface area contributed by atoms with Gasteiger partial charge in [0.2, 0.25) is 0 Å². The number of piperidine rings is 1. The molecule has 5 rings (SSSR count). The summed E-state index contributed by atoms with van der Waals surface area (Å²) >= 11 is 0. The van der Waals surface area contributed by atoms with Gasteiger partial charge < -0.3 is 19.8 Å². The van der Waals surface area contributed by atoms with E-state index >= 15 is 0 Å². The monoisotopic (exact) mass is 384 g/mol. The van der Waals surface area contributed by atoms with Gasteiger partial charge in [0, 0.05) is 49.8 Å². The molecule has 152 valence electrons. The van der Waals surface area contributed by atoms with Crippen LogP contribution in [0.2, 0.25) is 0 Å². The first-order chi connectivity index (χ1) is 13.6. The van der Waals surface area contributed by atoms with Gasteiger partial charge in [-0.25, -0.2) is 4.79 Å². The topological polar surface area (TPSA) is 59.9 Å². The van der Waals surface area contributed by atoms with E-state index in [9.17, 15) is 9.90 Å². The number of hydrogen-bond acceptors (Lipinski definition) is 4. The number of anilines is 1. The summed E-state index contributed by atoms with van der Waals surface area (Å²) in [6.45, 7) is 5.11. The minimum atomic E-state index is -0.739. The SMILES string of the molecule is O=C(O)N1CCC2(CC(N3CCC([C@@H]4CCCN4c4ccncc4)CC3)C2)C1. The van der Waals surface area contributed by atoms with Crippen LogP contribution in [0.4, 0.5) is 10.5 Å². The molecule has 6 nitrogen and oxygen atoms in total. The van der Waals surface area contributed by atoms with Crippen molar-refractivity contribution in [2.75, 3.05) is 37.6 Å². The van der Waals surface area contributed by atoms with Gasteiger partial charge in [0.1, 0.15) is 0 Å². The van der Waals surface area contributed by atoms with E-state index < -0.39 is 6.09 Å². The molecule has 1 N–H and O–H groups in total. The number of rotatable bonds is 3. The van der Waals surface area contributed by atoms with Crippen LogP contribution in [0.5, 0.6) is 0 Å². The Bertz CT molecular complexity index is 698. The molecule has 4 aliphatic rings. The first-order valence-electron chi connectivity index (χ1n) is 11.0. The van der Waals surface area contributed by atoms with E-state index in [2.05, 4.69) is 26.9 Å². The third-order valence-electron chi connectivity index (χ3n) is 7.97. The smallest absolute Gasteiger partial charge is 0.407 e. The fourth-order valence-corrected chi connectivity index (χ4v) is 6.44. The lowest BCUT2D eigenvalue weighted by molar-refractivity contribution is -0.0102. The Hall–Kier alpha value is -1.82. The lowest BCUT2D eigenvalue weighted by Gasteiger charge is -2.52. The molecule has 1 aromatic rings. The molecule has 28 heavy (non-hydrogen) atoms. The molecule has 1 atom stereocenters. The van der Waals surface area contributed by atoms with Crippen LogP contribution < -0.4 is 4.90 Å². The van der Waals surface area contributed by atoms with Gasteiger partial charge in [0.15, 0.2) is 0 Å². The van der Waals surface area contributed by atoms with E-state index in [-0.39, 0.29) is 0 Å². The van der Waals surface area contributed by atoms with E-state index in [1.807, 2.05) is 12.4 Å². The van der Waals surface area contributed by atoms with Gasteiger partial charge in [0.25, 0.3) is 0 Å². The van der Waals surface area contributed by atoms with Gasteiger partial charge in [0.05, 0.1) is 0 Å². The minimum Gasteiger partial charge on any atom is -0.465 e. The van der Waals surface area contributed by atoms with Crippen molar-refractivity contribution in [1.29, 1.82) is 0 Å². The average molecular weight is 385 g/mol. The quantitative estimate of drug-likeness (QED) is 0.866. The van der Waals surface area contributed by atoms with Crippen LogP contribution in [-0.4, -0.2) is 70.8 Å². The third-order valence-corrected chi connectivity index (χ3v) is 7.97. The number of aromatic nitrogens is 1. The highest BCUT2D eigenvalue weighted by Gasteiger charge is 2.51. The van der Waals surface area contributed by atoms with Crippen molar-refractivity contribution in [3.63, 3.8) is 0 Å². The lowest BCUT2D eigenvalue weighted by Crippen LogP contribution is -2.55. The molecule has 0 unspecified atom stereocenters. The molecule has 1 aliphatic carbocycles. The van der Waals surface area contributed by atoms with Crippen LogP contribution in [0.3, 0.4) is 0 Å². The van der Waals surface area contributed by atoms with Gasteiger partial charge in [-0.2, -0.15) is 0 Å². The molecule has 1 saturated carbocycles. The average Bonchev–Trinajstić information content (AvgIpc) is 3.35. The summed E-state index contributed by atoms with van der Waals surface area (Å²) in [5, 5.41) is 9.22. The molecule has 3 saturated heterocycles. The summed E-state index contributed by atoms with van der Waals surface area (Å²) in [5.74, 6) is 0.801. The normalized spacial score (nSPS) is 34.1. The highest BCUT2D eigenvalue weighted by molar-refractivity contribution is 5.65. The van der Waals surface area contributed by atoms with Gasteiger partial charge >= 0.3 is 6.09 Å². The first kappa shape index (κ1) is 18.2. The third kappa shape index (κ3) is 3.25. The summed E-state index contributed by atoms with van der Waals surface area (Å²) in [7, 11) is 0. The Labute approximate surface area is 167 Å².